The summed E-state index contributed by atoms with van der Waals surface area (Å²) in [6.07, 6.45) is 1.63. The number of hydrogen-bond acceptors (Lipinski definition) is 5. The second-order valence-corrected chi connectivity index (χ2v) is 5.56. The summed E-state index contributed by atoms with van der Waals surface area (Å²) in [5.41, 5.74) is 3.51. The first-order valence-corrected chi connectivity index (χ1v) is 7.26. The predicted molar refractivity (Wildman–Crippen MR) is 81.5 cm³/mol. The molecule has 0 atom stereocenters. The number of nitrogens with zero attached hydrogens (tertiary/aromatic N) is 2. The third kappa shape index (κ3) is 2.85. The Kier molecular flexibility index (Phi) is 3.53. The molecule has 1 aromatic carbocycles. The molecule has 2 heterocycles. The van der Waals surface area contributed by atoms with Gasteiger partial charge in [-0.15, -0.1) is 11.3 Å². The molecule has 1 N–H and O–H groups in total. The molecule has 3 aromatic rings. The van der Waals surface area contributed by atoms with Gasteiger partial charge in [-0.3, -0.25) is 10.1 Å². The van der Waals surface area contributed by atoms with Crippen molar-refractivity contribution >= 4 is 22.4 Å². The molecule has 0 fully saturated rings. The van der Waals surface area contributed by atoms with Gasteiger partial charge in [0.1, 0.15) is 0 Å². The molecule has 2 aromatic heterocycles. The van der Waals surface area contributed by atoms with Crippen molar-refractivity contribution < 1.29 is 9.32 Å². The standard InChI is InChI=1S/C15H13N3O2S/c1-9-3-4-11(7-10(9)2)13-8-12(18-20-13)14(19)17-15-16-5-6-21-15/h3-8H,1-2H3,(H,16,17,19). The van der Waals surface area contributed by atoms with Crippen LogP contribution in [0.15, 0.2) is 40.4 Å². The van der Waals surface area contributed by atoms with E-state index in [0.29, 0.717) is 10.9 Å². The number of aryl methyl sites for hydroxylation is 2. The molecule has 0 aliphatic rings. The smallest absolute Gasteiger partial charge is 0.279 e. The SMILES string of the molecule is Cc1ccc(-c2cc(C(=O)Nc3nccs3)no2)cc1C. The second-order valence-electron chi connectivity index (χ2n) is 4.67. The van der Waals surface area contributed by atoms with Crippen LogP contribution < -0.4 is 5.32 Å². The molecule has 6 heteroatoms. The van der Waals surface area contributed by atoms with Crippen molar-refractivity contribution in [3.8, 4) is 11.3 Å². The maximum atomic E-state index is 12.0. The summed E-state index contributed by atoms with van der Waals surface area (Å²) in [4.78, 5) is 16.0. The zero-order valence-electron chi connectivity index (χ0n) is 11.6. The number of aromatic nitrogens is 2. The van der Waals surface area contributed by atoms with Crippen molar-refractivity contribution in [3.63, 3.8) is 0 Å². The fourth-order valence-corrected chi connectivity index (χ4v) is 2.38. The van der Waals surface area contributed by atoms with Crippen LogP contribution in [-0.4, -0.2) is 16.0 Å². The Hall–Kier alpha value is -2.47. The van der Waals surface area contributed by atoms with Crippen LogP contribution in [0, 0.1) is 13.8 Å². The molecule has 0 saturated carbocycles. The number of amides is 1. The molecule has 3 rings (SSSR count). The summed E-state index contributed by atoms with van der Waals surface area (Å²) < 4.78 is 5.26. The van der Waals surface area contributed by atoms with E-state index in [1.807, 2.05) is 32.0 Å². The Morgan fingerprint density at radius 2 is 2.10 bits per heavy atom. The van der Waals surface area contributed by atoms with E-state index in [-0.39, 0.29) is 11.6 Å². The number of carbonyl (C=O) groups excluding carboxylic acids is 1. The number of anilines is 1. The van der Waals surface area contributed by atoms with Crippen LogP contribution in [0.5, 0.6) is 0 Å². The van der Waals surface area contributed by atoms with E-state index in [4.69, 9.17) is 4.52 Å². The third-order valence-corrected chi connectivity index (χ3v) is 3.88. The first kappa shape index (κ1) is 13.5. The van der Waals surface area contributed by atoms with E-state index in [9.17, 15) is 4.79 Å². The Morgan fingerprint density at radius 3 is 2.81 bits per heavy atom. The molecule has 0 unspecified atom stereocenters. The van der Waals surface area contributed by atoms with Crippen LogP contribution >= 0.6 is 11.3 Å². The largest absolute Gasteiger partial charge is 0.355 e. The van der Waals surface area contributed by atoms with Gasteiger partial charge in [0.25, 0.3) is 5.91 Å². The fraction of sp³-hybridized carbons (Fsp3) is 0.133. The number of hydrogen-bond donors (Lipinski definition) is 1. The number of rotatable bonds is 3. The Morgan fingerprint density at radius 1 is 1.24 bits per heavy atom. The summed E-state index contributed by atoms with van der Waals surface area (Å²) in [5, 5.41) is 8.81. The molecule has 0 bridgehead atoms. The lowest BCUT2D eigenvalue weighted by atomic mass is 10.0. The maximum Gasteiger partial charge on any atom is 0.279 e. The first-order valence-electron chi connectivity index (χ1n) is 6.38. The zero-order chi connectivity index (χ0) is 14.8. The molecule has 0 radical (unpaired) electrons. The summed E-state index contributed by atoms with van der Waals surface area (Å²) in [6, 6.07) is 7.61. The van der Waals surface area contributed by atoms with Gasteiger partial charge in [-0.25, -0.2) is 4.98 Å². The van der Waals surface area contributed by atoms with Crippen LogP contribution in [-0.2, 0) is 0 Å². The van der Waals surface area contributed by atoms with E-state index >= 15 is 0 Å². The molecular formula is C15H13N3O2S. The summed E-state index contributed by atoms with van der Waals surface area (Å²) >= 11 is 1.35. The number of nitrogens with one attached hydrogen (secondary N) is 1. The predicted octanol–water partition coefficient (Wildman–Crippen LogP) is 3.67. The summed E-state index contributed by atoms with van der Waals surface area (Å²) in [5.74, 6) is 0.242. The van der Waals surface area contributed by atoms with Crippen LogP contribution in [0.1, 0.15) is 21.6 Å². The Bertz CT molecular complexity index is 778. The van der Waals surface area contributed by atoms with Gasteiger partial charge in [0.2, 0.25) is 0 Å². The molecule has 0 spiro atoms. The minimum atomic E-state index is -0.330. The number of benzene rings is 1. The van der Waals surface area contributed by atoms with Crippen molar-refractivity contribution in [2.75, 3.05) is 5.32 Å². The van der Waals surface area contributed by atoms with Crippen molar-refractivity contribution in [2.24, 2.45) is 0 Å². The molecule has 0 aliphatic heterocycles. The fourth-order valence-electron chi connectivity index (χ4n) is 1.86. The van der Waals surface area contributed by atoms with E-state index < -0.39 is 0 Å². The number of thiazole rings is 1. The average Bonchev–Trinajstić information content (AvgIpc) is 3.12. The van der Waals surface area contributed by atoms with Crippen molar-refractivity contribution in [3.05, 3.63) is 52.7 Å². The van der Waals surface area contributed by atoms with Gasteiger partial charge in [0.15, 0.2) is 16.6 Å². The molecule has 21 heavy (non-hydrogen) atoms. The lowest BCUT2D eigenvalue weighted by molar-refractivity contribution is 0.101. The van der Waals surface area contributed by atoms with Gasteiger partial charge < -0.3 is 4.52 Å². The van der Waals surface area contributed by atoms with Crippen LogP contribution in [0.2, 0.25) is 0 Å². The van der Waals surface area contributed by atoms with Gasteiger partial charge in [0.05, 0.1) is 0 Å². The first-order chi connectivity index (χ1) is 10.1. The van der Waals surface area contributed by atoms with E-state index in [2.05, 4.69) is 15.5 Å². The minimum Gasteiger partial charge on any atom is -0.355 e. The highest BCUT2D eigenvalue weighted by atomic mass is 32.1. The second kappa shape index (κ2) is 5.49. The molecule has 0 saturated heterocycles. The minimum absolute atomic E-state index is 0.235. The summed E-state index contributed by atoms with van der Waals surface area (Å²) in [6.45, 7) is 4.08. The molecular weight excluding hydrogens is 286 g/mol. The summed E-state index contributed by atoms with van der Waals surface area (Å²) in [7, 11) is 0. The molecule has 106 valence electrons. The molecule has 1 amide bonds. The quantitative estimate of drug-likeness (QED) is 0.801. The number of carbonyl (C=O) groups is 1. The highest BCUT2D eigenvalue weighted by Gasteiger charge is 2.15. The van der Waals surface area contributed by atoms with Gasteiger partial charge in [-0.1, -0.05) is 17.3 Å². The van der Waals surface area contributed by atoms with Gasteiger partial charge in [-0.05, 0) is 31.0 Å². The molecule has 5 nitrogen and oxygen atoms in total. The van der Waals surface area contributed by atoms with E-state index in [1.54, 1.807) is 17.6 Å². The highest BCUT2D eigenvalue weighted by molar-refractivity contribution is 7.13. The third-order valence-electron chi connectivity index (χ3n) is 3.19. The van der Waals surface area contributed by atoms with Crippen molar-refractivity contribution in [2.45, 2.75) is 13.8 Å². The van der Waals surface area contributed by atoms with Crippen molar-refractivity contribution in [1.82, 2.24) is 10.1 Å². The van der Waals surface area contributed by atoms with Crippen molar-refractivity contribution in [1.29, 1.82) is 0 Å². The topological polar surface area (TPSA) is 68.0 Å². The average molecular weight is 299 g/mol. The Balaban J connectivity index is 1.82. The van der Waals surface area contributed by atoms with E-state index in [1.165, 1.54) is 16.9 Å². The lowest BCUT2D eigenvalue weighted by Crippen LogP contribution is -2.11. The van der Waals surface area contributed by atoms with Gasteiger partial charge in [-0.2, -0.15) is 0 Å². The van der Waals surface area contributed by atoms with Crippen LogP contribution in [0.25, 0.3) is 11.3 Å². The Labute approximate surface area is 125 Å². The van der Waals surface area contributed by atoms with Gasteiger partial charge >= 0.3 is 0 Å². The monoisotopic (exact) mass is 299 g/mol. The van der Waals surface area contributed by atoms with Crippen LogP contribution in [0.4, 0.5) is 5.13 Å². The lowest BCUT2D eigenvalue weighted by Gasteiger charge is -2.01. The van der Waals surface area contributed by atoms with E-state index in [0.717, 1.165) is 11.1 Å². The zero-order valence-corrected chi connectivity index (χ0v) is 12.4. The maximum absolute atomic E-state index is 12.0. The normalized spacial score (nSPS) is 10.6. The highest BCUT2D eigenvalue weighted by Crippen LogP contribution is 2.23. The molecule has 0 aliphatic carbocycles. The van der Waals surface area contributed by atoms with Crippen LogP contribution in [0.3, 0.4) is 0 Å². The van der Waals surface area contributed by atoms with Gasteiger partial charge in [0, 0.05) is 23.2 Å².